The van der Waals surface area contributed by atoms with Gasteiger partial charge in [-0.15, -0.1) is 0 Å². The minimum absolute atomic E-state index is 0.0834. The Hall–Kier alpha value is -5.54. The number of primary amides is 1. The van der Waals surface area contributed by atoms with Crippen molar-refractivity contribution in [2.75, 3.05) is 19.6 Å². The van der Waals surface area contributed by atoms with E-state index >= 15 is 0 Å². The van der Waals surface area contributed by atoms with Gasteiger partial charge in [0.2, 0.25) is 53.2 Å². The zero-order chi connectivity index (χ0) is 48.1. The zero-order valence-electron chi connectivity index (χ0n) is 38.4. The number of nitrogens with one attached hydrogen (secondary N) is 7. The summed E-state index contributed by atoms with van der Waals surface area (Å²) in [6, 6.07) is -8.52. The third-order valence-electron chi connectivity index (χ3n) is 11.0. The van der Waals surface area contributed by atoms with E-state index in [1.807, 2.05) is 0 Å². The smallest absolute Gasteiger partial charge is 0.245 e. The summed E-state index contributed by atoms with van der Waals surface area (Å²) in [5, 5.41) is 29.0. The van der Waals surface area contributed by atoms with Gasteiger partial charge >= 0.3 is 0 Å². The molecule has 358 valence electrons. The molecule has 0 aromatic carbocycles. The highest BCUT2D eigenvalue weighted by atomic mass is 16.3. The maximum Gasteiger partial charge on any atom is 0.245 e. The van der Waals surface area contributed by atoms with Crippen LogP contribution in [0, 0.1) is 17.8 Å². The SMILES string of the molecule is CCNC(=O)[C@@H]1CCCN1C(=O)[C@H](CCCN=C(N)N)NC(=O)[C@@H](NC(=O)[C@H](CCC(N)=O)NC(=O)[C@@H](NC(=O)[C@H](NC(=O)[C@@H](NC(C)=O)C(C)C)[C@@H](C)CC)[C@@H](C)O)[C@@H](C)CC. The lowest BCUT2D eigenvalue weighted by atomic mass is 9.95. The first kappa shape index (κ1) is 55.5. The second-order valence-corrected chi connectivity index (χ2v) is 16.6. The molecule has 1 rings (SSSR count). The Kier molecular flexibility index (Phi) is 24.2. The largest absolute Gasteiger partial charge is 0.391 e. The number of aliphatic imine (C=N–C) groups is 1. The van der Waals surface area contributed by atoms with Crippen molar-refractivity contribution in [3.05, 3.63) is 0 Å². The number of rotatable bonds is 27. The molecule has 1 fully saturated rings. The number of amides is 9. The molecule has 0 aromatic heterocycles. The molecule has 1 aliphatic rings. The lowest BCUT2D eigenvalue weighted by Gasteiger charge is -2.32. The molecule has 10 atom stereocenters. The fourth-order valence-corrected chi connectivity index (χ4v) is 6.94. The number of likely N-dealkylation sites (tertiary alicyclic amines) is 1. The van der Waals surface area contributed by atoms with Crippen LogP contribution < -0.4 is 54.4 Å². The molecule has 0 radical (unpaired) electrons. The molecule has 1 saturated heterocycles. The van der Waals surface area contributed by atoms with Crippen LogP contribution in [0.25, 0.3) is 0 Å². The molecule has 0 aliphatic carbocycles. The van der Waals surface area contributed by atoms with Crippen LogP contribution in [0.2, 0.25) is 0 Å². The van der Waals surface area contributed by atoms with E-state index in [0.29, 0.717) is 32.2 Å². The first-order valence-electron chi connectivity index (χ1n) is 21.9. The van der Waals surface area contributed by atoms with Gasteiger partial charge in [0.1, 0.15) is 42.3 Å². The molecule has 22 heteroatoms. The van der Waals surface area contributed by atoms with Gasteiger partial charge in [-0.2, -0.15) is 0 Å². The van der Waals surface area contributed by atoms with Crippen LogP contribution in [-0.4, -0.2) is 137 Å². The Balaban J connectivity index is 3.44. The van der Waals surface area contributed by atoms with Gasteiger partial charge in [-0.25, -0.2) is 0 Å². The Morgan fingerprint density at radius 2 is 1.19 bits per heavy atom. The topological polar surface area (TPSA) is 352 Å². The molecule has 9 amide bonds. The average Bonchev–Trinajstić information content (AvgIpc) is 3.71. The second-order valence-electron chi connectivity index (χ2n) is 16.6. The Morgan fingerprint density at radius 3 is 1.68 bits per heavy atom. The standard InChI is InChI=1S/C41H74N12O10/c1-10-22(6)31(37(60)49-27(15-13-19-46-41(43)44)40(63)53-20-14-16-28(53)35(58)45-12-3)50-34(57)26(17-18-29(42)56)48-39(62)33(24(8)54)52-38(61)32(23(7)11-2)51-36(59)30(21(4)5)47-25(9)55/h21-24,26-28,30-33,54H,10-20H2,1-9H3,(H2,42,56)(H,45,58)(H,47,55)(H,48,62)(H,49,60)(H,50,57)(H,51,59)(H,52,61)(H4,43,44,46)/t22-,23-,24+,26-,27-,28-,30-,31-,32+,33-/m0/s1. The zero-order valence-corrected chi connectivity index (χ0v) is 38.4. The van der Waals surface area contributed by atoms with Crippen LogP contribution in [0.4, 0.5) is 0 Å². The second kappa shape index (κ2) is 27.5. The van der Waals surface area contributed by atoms with E-state index in [0.717, 1.165) is 0 Å². The first-order valence-corrected chi connectivity index (χ1v) is 21.9. The summed E-state index contributed by atoms with van der Waals surface area (Å²) in [4.78, 5) is 125. The lowest BCUT2D eigenvalue weighted by molar-refractivity contribution is -0.142. The molecular formula is C41H74N12O10. The van der Waals surface area contributed by atoms with Crippen LogP contribution in [0.1, 0.15) is 114 Å². The number of carbonyl (C=O) groups excluding carboxylic acids is 9. The van der Waals surface area contributed by atoms with E-state index in [4.69, 9.17) is 17.2 Å². The van der Waals surface area contributed by atoms with Crippen molar-refractivity contribution in [2.24, 2.45) is 39.9 Å². The van der Waals surface area contributed by atoms with E-state index in [1.165, 1.54) is 18.7 Å². The van der Waals surface area contributed by atoms with Crippen LogP contribution in [0.5, 0.6) is 0 Å². The van der Waals surface area contributed by atoms with E-state index in [9.17, 15) is 48.3 Å². The summed E-state index contributed by atoms with van der Waals surface area (Å²) < 4.78 is 0. The number of carbonyl (C=O) groups is 9. The van der Waals surface area contributed by atoms with Gasteiger partial charge in [-0.05, 0) is 63.7 Å². The summed E-state index contributed by atoms with van der Waals surface area (Å²) in [6.45, 7) is 15.4. The average molecular weight is 895 g/mol. The van der Waals surface area contributed by atoms with Gasteiger partial charge in [0, 0.05) is 33.0 Å². The van der Waals surface area contributed by atoms with Gasteiger partial charge in [0.05, 0.1) is 6.10 Å². The molecule has 22 nitrogen and oxygen atoms in total. The van der Waals surface area contributed by atoms with E-state index < -0.39 is 107 Å². The third-order valence-corrected chi connectivity index (χ3v) is 11.0. The van der Waals surface area contributed by atoms with E-state index in [2.05, 4.69) is 42.2 Å². The highest BCUT2D eigenvalue weighted by Crippen LogP contribution is 2.21. The van der Waals surface area contributed by atoms with Gasteiger partial charge < -0.3 is 64.4 Å². The number of aliphatic hydroxyl groups is 1. The number of guanidine groups is 1. The molecule has 63 heavy (non-hydrogen) atoms. The van der Waals surface area contributed by atoms with Crippen molar-refractivity contribution in [2.45, 2.75) is 162 Å². The number of nitrogens with two attached hydrogens (primary N) is 3. The Morgan fingerprint density at radius 1 is 0.683 bits per heavy atom. The molecule has 0 spiro atoms. The fourth-order valence-electron chi connectivity index (χ4n) is 6.94. The fraction of sp³-hybridized carbons (Fsp3) is 0.756. The number of nitrogens with zero attached hydrogens (tertiary/aromatic N) is 2. The van der Waals surface area contributed by atoms with Crippen molar-refractivity contribution in [3.8, 4) is 0 Å². The van der Waals surface area contributed by atoms with Gasteiger partial charge in [0.15, 0.2) is 5.96 Å². The molecule has 0 aromatic rings. The predicted molar refractivity (Wildman–Crippen MR) is 234 cm³/mol. The Bertz CT molecular complexity index is 1620. The highest BCUT2D eigenvalue weighted by Gasteiger charge is 2.40. The van der Waals surface area contributed by atoms with Crippen molar-refractivity contribution in [3.63, 3.8) is 0 Å². The molecule has 0 bridgehead atoms. The van der Waals surface area contributed by atoms with Crippen molar-refractivity contribution >= 4 is 59.1 Å². The maximum absolute atomic E-state index is 14.1. The van der Waals surface area contributed by atoms with Crippen LogP contribution in [0.15, 0.2) is 4.99 Å². The number of hydrogen-bond donors (Lipinski definition) is 11. The quantitative estimate of drug-likeness (QED) is 0.0232. The van der Waals surface area contributed by atoms with Gasteiger partial charge in [-0.1, -0.05) is 54.4 Å². The number of likely N-dealkylation sites (N-methyl/N-ethyl adjacent to an activating group) is 1. The van der Waals surface area contributed by atoms with Crippen molar-refractivity contribution in [1.29, 1.82) is 0 Å². The Labute approximate surface area is 370 Å². The third kappa shape index (κ3) is 18.4. The summed E-state index contributed by atoms with van der Waals surface area (Å²) in [5.74, 6) is -7.72. The monoisotopic (exact) mass is 895 g/mol. The van der Waals surface area contributed by atoms with E-state index in [-0.39, 0.29) is 56.6 Å². The summed E-state index contributed by atoms with van der Waals surface area (Å²) in [7, 11) is 0. The van der Waals surface area contributed by atoms with Crippen molar-refractivity contribution in [1.82, 2.24) is 42.1 Å². The normalized spacial score (nSPS) is 17.8. The molecule has 1 heterocycles. The van der Waals surface area contributed by atoms with Crippen molar-refractivity contribution < 1.29 is 48.3 Å². The number of hydrogen-bond acceptors (Lipinski definition) is 11. The van der Waals surface area contributed by atoms with Crippen LogP contribution in [-0.2, 0) is 43.2 Å². The molecule has 1 aliphatic heterocycles. The minimum atomic E-state index is -1.67. The van der Waals surface area contributed by atoms with E-state index in [1.54, 1.807) is 48.5 Å². The summed E-state index contributed by atoms with van der Waals surface area (Å²) >= 11 is 0. The molecule has 14 N–H and O–H groups in total. The summed E-state index contributed by atoms with van der Waals surface area (Å²) in [6.07, 6.45) is -0.105. The number of aliphatic hydroxyl groups excluding tert-OH is 1. The van der Waals surface area contributed by atoms with Gasteiger partial charge in [-0.3, -0.25) is 48.1 Å². The maximum atomic E-state index is 14.1. The van der Waals surface area contributed by atoms with Crippen LogP contribution >= 0.6 is 0 Å². The van der Waals surface area contributed by atoms with Crippen LogP contribution in [0.3, 0.4) is 0 Å². The lowest BCUT2D eigenvalue weighted by Crippen LogP contribution is -2.63. The summed E-state index contributed by atoms with van der Waals surface area (Å²) in [5.41, 5.74) is 16.4. The molecule has 0 unspecified atom stereocenters. The van der Waals surface area contributed by atoms with Gasteiger partial charge in [0.25, 0.3) is 0 Å². The first-order chi connectivity index (χ1) is 29.5. The molecular weight excluding hydrogens is 821 g/mol. The minimum Gasteiger partial charge on any atom is -0.391 e. The highest BCUT2D eigenvalue weighted by molar-refractivity contribution is 5.98. The predicted octanol–water partition coefficient (Wildman–Crippen LogP) is -2.51. The molecule has 0 saturated carbocycles.